The van der Waals surface area contributed by atoms with Crippen molar-refractivity contribution in [2.45, 2.75) is 46.2 Å². The number of hydrogen-bond donors (Lipinski definition) is 0. The third kappa shape index (κ3) is 5.35. The van der Waals surface area contributed by atoms with Crippen LogP contribution in [0.3, 0.4) is 0 Å². The maximum Gasteiger partial charge on any atom is 0.274 e. The molecule has 5 heteroatoms. The Hall–Kier alpha value is -2.40. The van der Waals surface area contributed by atoms with E-state index < -0.39 is 9.04 Å². The van der Waals surface area contributed by atoms with E-state index in [1.54, 1.807) is 21.3 Å². The minimum absolute atomic E-state index is 0.00681. The second-order valence-corrected chi connectivity index (χ2v) is 10.2. The molecule has 0 aliphatic rings. The van der Waals surface area contributed by atoms with Gasteiger partial charge in [0.25, 0.3) is 9.04 Å². The summed E-state index contributed by atoms with van der Waals surface area (Å²) in [7, 11) is 3.94. The quantitative estimate of drug-likeness (QED) is 0.405. The Morgan fingerprint density at radius 3 is 1.86 bits per heavy atom. The first-order valence-electron chi connectivity index (χ1n) is 9.72. The van der Waals surface area contributed by atoms with Crippen LogP contribution in [0, 0.1) is 6.92 Å². The summed E-state index contributed by atoms with van der Waals surface area (Å²) in [5, 5.41) is 0. The van der Waals surface area contributed by atoms with Crippen molar-refractivity contribution in [3.05, 3.63) is 46.5 Å². The molecule has 1 radical (unpaired) electrons. The molecule has 0 aliphatic carbocycles. The van der Waals surface area contributed by atoms with Crippen LogP contribution in [-0.2, 0) is 5.41 Å². The van der Waals surface area contributed by atoms with Crippen molar-refractivity contribution in [3.63, 3.8) is 0 Å². The Balaban J connectivity index is 2.58. The van der Waals surface area contributed by atoms with Crippen molar-refractivity contribution in [3.8, 4) is 23.0 Å². The molecule has 0 saturated heterocycles. The SMILES string of the molecule is COc1cc(/C=C\c2ccc(C)c(C(C)(C)C)c2O[Si](C)C)cc(OC)c1OC. The van der Waals surface area contributed by atoms with Crippen LogP contribution in [0.25, 0.3) is 12.2 Å². The molecule has 0 fully saturated rings. The molecule has 0 atom stereocenters. The summed E-state index contributed by atoms with van der Waals surface area (Å²) in [6, 6.07) is 8.16. The van der Waals surface area contributed by atoms with Gasteiger partial charge in [0, 0.05) is 11.1 Å². The van der Waals surface area contributed by atoms with Crippen LogP contribution in [0.15, 0.2) is 24.3 Å². The zero-order valence-electron chi connectivity index (χ0n) is 19.1. The number of benzene rings is 2. The van der Waals surface area contributed by atoms with Crippen molar-refractivity contribution in [2.75, 3.05) is 21.3 Å². The van der Waals surface area contributed by atoms with Gasteiger partial charge in [-0.05, 0) is 48.7 Å². The molecule has 0 aromatic heterocycles. The van der Waals surface area contributed by atoms with Crippen LogP contribution < -0.4 is 18.6 Å². The Bertz CT molecular complexity index is 854. The maximum absolute atomic E-state index is 6.38. The predicted molar refractivity (Wildman–Crippen MR) is 123 cm³/mol. The third-order valence-electron chi connectivity index (χ3n) is 4.60. The van der Waals surface area contributed by atoms with Crippen LogP contribution in [0.5, 0.6) is 23.0 Å². The molecule has 157 valence electrons. The molecule has 2 aromatic carbocycles. The van der Waals surface area contributed by atoms with E-state index in [4.69, 9.17) is 18.6 Å². The summed E-state index contributed by atoms with van der Waals surface area (Å²) in [5.74, 6) is 2.84. The molecule has 0 saturated carbocycles. The maximum atomic E-state index is 6.38. The van der Waals surface area contributed by atoms with E-state index in [1.807, 2.05) is 18.2 Å². The summed E-state index contributed by atoms with van der Waals surface area (Å²) in [6.45, 7) is 13.2. The van der Waals surface area contributed by atoms with E-state index >= 15 is 0 Å². The third-order valence-corrected chi connectivity index (χ3v) is 5.21. The minimum Gasteiger partial charge on any atom is -0.542 e. The van der Waals surface area contributed by atoms with Crippen LogP contribution >= 0.6 is 0 Å². The van der Waals surface area contributed by atoms with Gasteiger partial charge >= 0.3 is 0 Å². The second-order valence-electron chi connectivity index (χ2n) is 8.23. The highest BCUT2D eigenvalue weighted by molar-refractivity contribution is 6.49. The number of ether oxygens (including phenoxy) is 3. The lowest BCUT2D eigenvalue weighted by Gasteiger charge is -2.27. The van der Waals surface area contributed by atoms with Gasteiger partial charge in [-0.3, -0.25) is 0 Å². The Kier molecular flexibility index (Phi) is 7.41. The second kappa shape index (κ2) is 9.40. The Labute approximate surface area is 177 Å². The molecule has 0 aliphatic heterocycles. The standard InChI is InChI=1S/C24H33O4Si/c1-16-10-12-18(22(28-29(8)9)21(16)24(2,3)4)13-11-17-14-19(25-5)23(27-7)20(15-17)26-6/h10-15H,1-9H3/b13-11-. The van der Waals surface area contributed by atoms with Crippen LogP contribution in [0.4, 0.5) is 0 Å². The number of hydrogen-bond acceptors (Lipinski definition) is 4. The number of methoxy groups -OCH3 is 3. The van der Waals surface area contributed by atoms with Gasteiger partial charge in [-0.1, -0.05) is 45.1 Å². The average molecular weight is 414 g/mol. The van der Waals surface area contributed by atoms with Crippen LogP contribution in [-0.4, -0.2) is 30.4 Å². The Morgan fingerprint density at radius 2 is 1.41 bits per heavy atom. The molecule has 4 nitrogen and oxygen atoms in total. The largest absolute Gasteiger partial charge is 0.542 e. The fourth-order valence-corrected chi connectivity index (χ4v) is 4.09. The van der Waals surface area contributed by atoms with Crippen molar-refractivity contribution in [1.29, 1.82) is 0 Å². The normalized spacial score (nSPS) is 11.8. The van der Waals surface area contributed by atoms with E-state index in [0.29, 0.717) is 17.2 Å². The highest BCUT2D eigenvalue weighted by Crippen LogP contribution is 2.40. The summed E-state index contributed by atoms with van der Waals surface area (Å²) in [6.07, 6.45) is 4.14. The molecule has 0 heterocycles. The monoisotopic (exact) mass is 413 g/mol. The van der Waals surface area contributed by atoms with E-state index in [0.717, 1.165) is 16.9 Å². The zero-order valence-corrected chi connectivity index (χ0v) is 20.1. The molecule has 29 heavy (non-hydrogen) atoms. The molecular weight excluding hydrogens is 380 g/mol. The summed E-state index contributed by atoms with van der Waals surface area (Å²) >= 11 is 0. The minimum atomic E-state index is -0.909. The van der Waals surface area contributed by atoms with Gasteiger partial charge in [0.05, 0.1) is 21.3 Å². The lowest BCUT2D eigenvalue weighted by Crippen LogP contribution is -2.20. The molecule has 0 bridgehead atoms. The smallest absolute Gasteiger partial charge is 0.274 e. The van der Waals surface area contributed by atoms with Gasteiger partial charge in [-0.15, -0.1) is 0 Å². The molecule has 0 amide bonds. The van der Waals surface area contributed by atoms with Crippen LogP contribution in [0.1, 0.15) is 43.0 Å². The van der Waals surface area contributed by atoms with Crippen molar-refractivity contribution >= 4 is 21.2 Å². The first-order valence-corrected chi connectivity index (χ1v) is 12.1. The molecule has 0 N–H and O–H groups in total. The first kappa shape index (κ1) is 22.9. The fraction of sp³-hybridized carbons (Fsp3) is 0.417. The lowest BCUT2D eigenvalue weighted by molar-refractivity contribution is 0.324. The lowest BCUT2D eigenvalue weighted by atomic mass is 9.82. The van der Waals surface area contributed by atoms with E-state index in [-0.39, 0.29) is 5.41 Å². The predicted octanol–water partition coefficient (Wildman–Crippen LogP) is 6.12. The van der Waals surface area contributed by atoms with Crippen molar-refractivity contribution in [2.24, 2.45) is 0 Å². The van der Waals surface area contributed by atoms with E-state index in [9.17, 15) is 0 Å². The molecule has 0 unspecified atom stereocenters. The fourth-order valence-electron chi connectivity index (χ4n) is 3.46. The van der Waals surface area contributed by atoms with Crippen molar-refractivity contribution in [1.82, 2.24) is 0 Å². The highest BCUT2D eigenvalue weighted by Gasteiger charge is 2.24. The van der Waals surface area contributed by atoms with E-state index in [2.05, 4.69) is 59.0 Å². The van der Waals surface area contributed by atoms with Gasteiger partial charge < -0.3 is 18.6 Å². The van der Waals surface area contributed by atoms with Gasteiger partial charge in [0.2, 0.25) is 5.75 Å². The highest BCUT2D eigenvalue weighted by atomic mass is 28.3. The summed E-state index contributed by atoms with van der Waals surface area (Å²) in [4.78, 5) is 0. The van der Waals surface area contributed by atoms with Crippen LogP contribution in [0.2, 0.25) is 13.1 Å². The number of rotatable bonds is 7. The molecule has 0 spiro atoms. The summed E-state index contributed by atoms with van der Waals surface area (Å²) < 4.78 is 22.7. The topological polar surface area (TPSA) is 36.9 Å². The van der Waals surface area contributed by atoms with Gasteiger partial charge in [0.1, 0.15) is 5.75 Å². The zero-order chi connectivity index (χ0) is 21.8. The number of aryl methyl sites for hydroxylation is 1. The molecule has 2 aromatic rings. The van der Waals surface area contributed by atoms with Gasteiger partial charge in [-0.25, -0.2) is 0 Å². The van der Waals surface area contributed by atoms with E-state index in [1.165, 1.54) is 11.1 Å². The van der Waals surface area contributed by atoms with Gasteiger partial charge in [0.15, 0.2) is 11.5 Å². The summed E-state index contributed by atoms with van der Waals surface area (Å²) in [5.41, 5.74) is 4.53. The van der Waals surface area contributed by atoms with Crippen molar-refractivity contribution < 1.29 is 18.6 Å². The van der Waals surface area contributed by atoms with Gasteiger partial charge in [-0.2, -0.15) is 0 Å². The average Bonchev–Trinajstić information content (AvgIpc) is 2.64. The molecular formula is C24H33O4Si. The first-order chi connectivity index (χ1) is 13.6. The molecule has 2 rings (SSSR count). The Morgan fingerprint density at radius 1 is 0.828 bits per heavy atom.